The summed E-state index contributed by atoms with van der Waals surface area (Å²) in [5.41, 5.74) is 13.6. The summed E-state index contributed by atoms with van der Waals surface area (Å²) in [5.74, 6) is -0.643. The molecule has 2 aromatic rings. The van der Waals surface area contributed by atoms with Crippen molar-refractivity contribution in [2.75, 3.05) is 0 Å². The predicted octanol–water partition coefficient (Wildman–Crippen LogP) is 3.47. The summed E-state index contributed by atoms with van der Waals surface area (Å²) < 4.78 is 13.5. The van der Waals surface area contributed by atoms with Gasteiger partial charge >= 0.3 is 0 Å². The van der Waals surface area contributed by atoms with E-state index in [9.17, 15) is 9.18 Å². The molecule has 160 valence electrons. The molecule has 2 aromatic carbocycles. The molecule has 2 atom stereocenters. The van der Waals surface area contributed by atoms with Gasteiger partial charge in [0.2, 0.25) is 0 Å². The minimum atomic E-state index is -0.538. The number of hydrogen-bond acceptors (Lipinski definition) is 4. The molecule has 6 nitrogen and oxygen atoms in total. The van der Waals surface area contributed by atoms with E-state index in [0.717, 1.165) is 31.2 Å². The van der Waals surface area contributed by atoms with Crippen molar-refractivity contribution in [1.82, 2.24) is 10.6 Å². The molecule has 1 aliphatic carbocycles. The smallest absolute Gasteiger partial charge is 0.258 e. The number of carbonyl (C=O) groups is 1. The monoisotopic (exact) mass is 431 g/mol. The maximum atomic E-state index is 13.5. The SMILES string of the molecule is NC(CC(N)c1ccc(Cl)cc1)NC(=NC1CCCC1)NC(=O)c1cccc(F)c1. The van der Waals surface area contributed by atoms with E-state index in [1.807, 2.05) is 12.1 Å². The van der Waals surface area contributed by atoms with E-state index in [0.29, 0.717) is 11.4 Å². The standard InChI is InChI=1S/C22H27ClFN5O/c23-16-10-8-14(9-11-16)19(25)13-20(26)28-22(27-18-6-1-2-7-18)29-21(30)15-4-3-5-17(24)12-15/h3-5,8-12,18-20H,1-2,6-7,13,25-26H2,(H2,27,28,29,30). The van der Waals surface area contributed by atoms with Gasteiger partial charge in [0.1, 0.15) is 5.82 Å². The van der Waals surface area contributed by atoms with Crippen LogP contribution in [-0.4, -0.2) is 24.1 Å². The van der Waals surface area contributed by atoms with E-state index in [-0.39, 0.29) is 23.6 Å². The van der Waals surface area contributed by atoms with Gasteiger partial charge < -0.3 is 16.8 Å². The number of nitrogens with two attached hydrogens (primary N) is 2. The number of hydrogen-bond donors (Lipinski definition) is 4. The molecule has 30 heavy (non-hydrogen) atoms. The molecule has 0 spiro atoms. The molecule has 2 unspecified atom stereocenters. The van der Waals surface area contributed by atoms with Gasteiger partial charge in [0, 0.05) is 16.6 Å². The van der Waals surface area contributed by atoms with Crippen molar-refractivity contribution >= 4 is 23.5 Å². The van der Waals surface area contributed by atoms with Crippen molar-refractivity contribution in [3.8, 4) is 0 Å². The van der Waals surface area contributed by atoms with Gasteiger partial charge in [-0.15, -0.1) is 0 Å². The quantitative estimate of drug-likeness (QED) is 0.319. The molecule has 8 heteroatoms. The summed E-state index contributed by atoms with van der Waals surface area (Å²) in [6, 6.07) is 12.6. The molecule has 0 bridgehead atoms. The first-order valence-electron chi connectivity index (χ1n) is 10.1. The molecule has 0 aromatic heterocycles. The first-order chi connectivity index (χ1) is 14.4. The number of amides is 1. The van der Waals surface area contributed by atoms with E-state index in [1.54, 1.807) is 18.2 Å². The molecular weight excluding hydrogens is 405 g/mol. The van der Waals surface area contributed by atoms with Gasteiger partial charge in [-0.05, 0) is 55.2 Å². The Morgan fingerprint density at radius 2 is 1.87 bits per heavy atom. The second kappa shape index (κ2) is 10.5. The van der Waals surface area contributed by atoms with Gasteiger partial charge in [-0.2, -0.15) is 0 Å². The van der Waals surface area contributed by atoms with Gasteiger partial charge in [-0.25, -0.2) is 9.38 Å². The van der Waals surface area contributed by atoms with Crippen molar-refractivity contribution in [3.05, 3.63) is 70.5 Å². The van der Waals surface area contributed by atoms with Crippen LogP contribution in [0, 0.1) is 5.82 Å². The zero-order chi connectivity index (χ0) is 21.5. The fourth-order valence-corrected chi connectivity index (χ4v) is 3.61. The lowest BCUT2D eigenvalue weighted by atomic mass is 10.0. The van der Waals surface area contributed by atoms with Crippen molar-refractivity contribution in [2.45, 2.75) is 50.4 Å². The lowest BCUT2D eigenvalue weighted by Gasteiger charge is -2.22. The van der Waals surface area contributed by atoms with Crippen LogP contribution in [0.15, 0.2) is 53.5 Å². The minimum Gasteiger partial charge on any atom is -0.341 e. The third kappa shape index (κ3) is 6.52. The van der Waals surface area contributed by atoms with Gasteiger partial charge in [0.25, 0.3) is 5.91 Å². The van der Waals surface area contributed by atoms with Crippen molar-refractivity contribution in [2.24, 2.45) is 16.5 Å². The fraction of sp³-hybridized carbons (Fsp3) is 0.364. The maximum Gasteiger partial charge on any atom is 0.258 e. The summed E-state index contributed by atoms with van der Waals surface area (Å²) >= 11 is 5.92. The summed E-state index contributed by atoms with van der Waals surface area (Å²) in [7, 11) is 0. The molecule has 0 radical (unpaired) electrons. The van der Waals surface area contributed by atoms with E-state index >= 15 is 0 Å². The summed E-state index contributed by atoms with van der Waals surface area (Å²) in [5, 5.41) is 6.44. The second-order valence-electron chi connectivity index (χ2n) is 7.53. The Kier molecular flexibility index (Phi) is 7.79. The maximum absolute atomic E-state index is 13.5. The molecule has 0 saturated heterocycles. The van der Waals surface area contributed by atoms with Crippen molar-refractivity contribution < 1.29 is 9.18 Å². The first-order valence-corrected chi connectivity index (χ1v) is 10.5. The van der Waals surface area contributed by atoms with Crippen LogP contribution in [0.5, 0.6) is 0 Å². The minimum absolute atomic E-state index is 0.123. The van der Waals surface area contributed by atoms with Crippen molar-refractivity contribution in [3.63, 3.8) is 0 Å². The lowest BCUT2D eigenvalue weighted by molar-refractivity contribution is 0.0975. The topological polar surface area (TPSA) is 106 Å². The average molecular weight is 432 g/mol. The second-order valence-corrected chi connectivity index (χ2v) is 7.96. The summed E-state index contributed by atoms with van der Waals surface area (Å²) in [4.78, 5) is 17.2. The molecule has 1 fully saturated rings. The van der Waals surface area contributed by atoms with E-state index in [4.69, 9.17) is 23.1 Å². The summed E-state index contributed by atoms with van der Waals surface area (Å²) in [6.45, 7) is 0. The zero-order valence-corrected chi connectivity index (χ0v) is 17.4. The van der Waals surface area contributed by atoms with Gasteiger partial charge in [0.05, 0.1) is 12.2 Å². The number of aliphatic imine (C=N–C) groups is 1. The van der Waals surface area contributed by atoms with Crippen LogP contribution in [0.3, 0.4) is 0 Å². The van der Waals surface area contributed by atoms with Crippen LogP contribution in [-0.2, 0) is 0 Å². The molecule has 0 heterocycles. The number of nitrogens with zero attached hydrogens (tertiary/aromatic N) is 1. The van der Waals surface area contributed by atoms with Crippen LogP contribution in [0.1, 0.15) is 54.1 Å². The molecule has 0 aliphatic heterocycles. The summed E-state index contributed by atoms with van der Waals surface area (Å²) in [6.07, 6.45) is 4.01. The lowest BCUT2D eigenvalue weighted by Crippen LogP contribution is -2.50. The fourth-order valence-electron chi connectivity index (χ4n) is 3.49. The van der Waals surface area contributed by atoms with Crippen molar-refractivity contribution in [1.29, 1.82) is 0 Å². The highest BCUT2D eigenvalue weighted by molar-refractivity contribution is 6.30. The van der Waals surface area contributed by atoms with Crippen LogP contribution in [0.25, 0.3) is 0 Å². The Morgan fingerprint density at radius 3 is 2.53 bits per heavy atom. The van der Waals surface area contributed by atoms with Gasteiger partial charge in [-0.3, -0.25) is 10.1 Å². The van der Waals surface area contributed by atoms with Crippen LogP contribution in [0.4, 0.5) is 4.39 Å². The largest absolute Gasteiger partial charge is 0.341 e. The molecule has 1 amide bonds. The number of benzene rings is 2. The van der Waals surface area contributed by atoms with Crippen LogP contribution in [0.2, 0.25) is 5.02 Å². The third-order valence-electron chi connectivity index (χ3n) is 5.08. The Balaban J connectivity index is 1.67. The number of carbonyl (C=O) groups excluding carboxylic acids is 1. The normalized spacial score (nSPS) is 16.9. The molecule has 1 aliphatic rings. The first kappa shape index (κ1) is 22.2. The van der Waals surface area contributed by atoms with Crippen LogP contribution < -0.4 is 22.1 Å². The predicted molar refractivity (Wildman–Crippen MR) is 118 cm³/mol. The highest BCUT2D eigenvalue weighted by Gasteiger charge is 2.19. The molecular formula is C22H27ClFN5O. The van der Waals surface area contributed by atoms with Gasteiger partial charge in [0.15, 0.2) is 5.96 Å². The van der Waals surface area contributed by atoms with E-state index in [1.165, 1.54) is 18.2 Å². The molecule has 3 rings (SSSR count). The highest BCUT2D eigenvalue weighted by Crippen LogP contribution is 2.21. The molecule has 1 saturated carbocycles. The number of rotatable bonds is 6. The Bertz CT molecular complexity index is 883. The zero-order valence-electron chi connectivity index (χ0n) is 16.7. The number of nitrogens with one attached hydrogen (secondary N) is 2. The highest BCUT2D eigenvalue weighted by atomic mass is 35.5. The Hall–Kier alpha value is -2.48. The van der Waals surface area contributed by atoms with Gasteiger partial charge in [-0.1, -0.05) is 42.6 Å². The van der Waals surface area contributed by atoms with E-state index < -0.39 is 17.9 Å². The average Bonchev–Trinajstić information content (AvgIpc) is 3.21. The van der Waals surface area contributed by atoms with Crippen LogP contribution >= 0.6 is 11.6 Å². The molecule has 6 N–H and O–H groups in total. The number of guanidine groups is 1. The third-order valence-corrected chi connectivity index (χ3v) is 5.34. The number of halogens is 2. The van der Waals surface area contributed by atoms with E-state index in [2.05, 4.69) is 15.6 Å². The Labute approximate surface area is 180 Å². The Morgan fingerprint density at radius 1 is 1.17 bits per heavy atom.